The van der Waals surface area contributed by atoms with Gasteiger partial charge in [0.15, 0.2) is 0 Å². The van der Waals surface area contributed by atoms with E-state index in [0.717, 1.165) is 17.0 Å². The van der Waals surface area contributed by atoms with E-state index in [1.807, 2.05) is 24.3 Å². The highest BCUT2D eigenvalue weighted by molar-refractivity contribution is 8.00. The zero-order chi connectivity index (χ0) is 17.5. The molecule has 1 heterocycles. The molecule has 2 amide bonds. The Balaban J connectivity index is 2.08. The van der Waals surface area contributed by atoms with Gasteiger partial charge in [-0.25, -0.2) is 0 Å². The Morgan fingerprint density at radius 3 is 2.75 bits per heavy atom. The zero-order valence-corrected chi connectivity index (χ0v) is 14.6. The predicted molar refractivity (Wildman–Crippen MR) is 95.7 cm³/mol. The molecule has 0 saturated heterocycles. The van der Waals surface area contributed by atoms with E-state index in [1.54, 1.807) is 25.3 Å². The second kappa shape index (κ2) is 8.49. The fraction of sp³-hybridized carbons (Fsp3) is 0.278. The lowest BCUT2D eigenvalue weighted by Gasteiger charge is -2.12. The predicted octanol–water partition coefficient (Wildman–Crippen LogP) is 2.54. The number of pyridine rings is 1. The van der Waals surface area contributed by atoms with Crippen LogP contribution in [-0.2, 0) is 17.8 Å². The van der Waals surface area contributed by atoms with Gasteiger partial charge in [-0.05, 0) is 43.2 Å². The molecule has 1 aromatic carbocycles. The molecule has 1 atom stereocenters. The molecular formula is C18H21N3O2S. The van der Waals surface area contributed by atoms with Crippen LogP contribution in [0.15, 0.2) is 47.5 Å². The van der Waals surface area contributed by atoms with Crippen LogP contribution in [0.2, 0.25) is 0 Å². The van der Waals surface area contributed by atoms with Gasteiger partial charge in [-0.1, -0.05) is 19.1 Å². The van der Waals surface area contributed by atoms with Crippen LogP contribution in [0.1, 0.15) is 35.5 Å². The number of aryl methyl sites for hydroxylation is 1. The minimum atomic E-state index is -0.407. The maximum atomic E-state index is 12.5. The number of aromatic nitrogens is 1. The van der Waals surface area contributed by atoms with Crippen molar-refractivity contribution in [3.8, 4) is 0 Å². The molecule has 0 fully saturated rings. The normalized spacial score (nSPS) is 11.8. The van der Waals surface area contributed by atoms with Gasteiger partial charge in [-0.2, -0.15) is 0 Å². The Hall–Kier alpha value is -2.34. The van der Waals surface area contributed by atoms with Crippen LogP contribution in [0.4, 0.5) is 0 Å². The van der Waals surface area contributed by atoms with Gasteiger partial charge in [0.1, 0.15) is 0 Å². The van der Waals surface area contributed by atoms with Crippen molar-refractivity contribution in [1.82, 2.24) is 10.3 Å². The van der Waals surface area contributed by atoms with Crippen molar-refractivity contribution in [2.24, 2.45) is 5.73 Å². The highest BCUT2D eigenvalue weighted by Gasteiger charge is 2.16. The molecule has 0 aliphatic heterocycles. The van der Waals surface area contributed by atoms with E-state index in [4.69, 9.17) is 5.73 Å². The Labute approximate surface area is 146 Å². The van der Waals surface area contributed by atoms with Gasteiger partial charge >= 0.3 is 0 Å². The van der Waals surface area contributed by atoms with Gasteiger partial charge in [-0.15, -0.1) is 11.8 Å². The largest absolute Gasteiger partial charge is 0.369 e. The number of primary amides is 1. The number of carbonyl (C=O) groups excluding carboxylic acids is 2. The molecule has 0 unspecified atom stereocenters. The van der Waals surface area contributed by atoms with Gasteiger partial charge in [0.2, 0.25) is 5.91 Å². The second-order valence-electron chi connectivity index (χ2n) is 5.35. The van der Waals surface area contributed by atoms with Crippen LogP contribution in [0.25, 0.3) is 0 Å². The summed E-state index contributed by atoms with van der Waals surface area (Å²) in [5, 5.41) is 2.48. The number of hydrogen-bond donors (Lipinski definition) is 2. The molecule has 0 radical (unpaired) electrons. The third kappa shape index (κ3) is 4.83. The summed E-state index contributed by atoms with van der Waals surface area (Å²) in [6, 6.07) is 11.1. The van der Waals surface area contributed by atoms with Crippen LogP contribution < -0.4 is 11.1 Å². The Bertz CT molecular complexity index is 734. The molecule has 2 rings (SSSR count). The van der Waals surface area contributed by atoms with Crippen LogP contribution in [0, 0.1) is 0 Å². The van der Waals surface area contributed by atoms with Gasteiger partial charge < -0.3 is 11.1 Å². The van der Waals surface area contributed by atoms with Crippen molar-refractivity contribution < 1.29 is 9.59 Å². The fourth-order valence-corrected chi connectivity index (χ4v) is 3.06. The SMILES string of the molecule is CCc1ccnc(CNC(=O)c2ccccc2S[C@H](C)C(N)=O)c1. The minimum Gasteiger partial charge on any atom is -0.369 e. The number of nitrogens with zero attached hydrogens (tertiary/aromatic N) is 1. The molecule has 5 nitrogen and oxygen atoms in total. The first-order chi connectivity index (χ1) is 11.5. The van der Waals surface area contributed by atoms with E-state index in [0.29, 0.717) is 12.1 Å². The summed E-state index contributed by atoms with van der Waals surface area (Å²) in [5.41, 5.74) is 7.83. The second-order valence-corrected chi connectivity index (χ2v) is 6.73. The lowest BCUT2D eigenvalue weighted by Crippen LogP contribution is -2.25. The summed E-state index contributed by atoms with van der Waals surface area (Å²) in [7, 11) is 0. The van der Waals surface area contributed by atoms with E-state index < -0.39 is 11.2 Å². The van der Waals surface area contributed by atoms with E-state index in [9.17, 15) is 9.59 Å². The number of amides is 2. The van der Waals surface area contributed by atoms with E-state index in [-0.39, 0.29) is 5.91 Å². The highest BCUT2D eigenvalue weighted by atomic mass is 32.2. The number of thioether (sulfide) groups is 1. The fourth-order valence-electron chi connectivity index (χ4n) is 2.12. The number of rotatable bonds is 7. The summed E-state index contributed by atoms with van der Waals surface area (Å²) in [6.45, 7) is 4.16. The molecule has 0 saturated carbocycles. The Morgan fingerprint density at radius 2 is 2.04 bits per heavy atom. The van der Waals surface area contributed by atoms with E-state index in [2.05, 4.69) is 17.2 Å². The van der Waals surface area contributed by atoms with Gasteiger partial charge in [0.25, 0.3) is 5.91 Å². The standard InChI is InChI=1S/C18H21N3O2S/c1-3-13-8-9-20-14(10-13)11-21-18(23)15-6-4-5-7-16(15)24-12(2)17(19)22/h4-10,12H,3,11H2,1-2H3,(H2,19,22)(H,21,23)/t12-/m1/s1. The summed E-state index contributed by atoms with van der Waals surface area (Å²) in [4.78, 5) is 28.7. The lowest BCUT2D eigenvalue weighted by atomic mass is 10.2. The molecule has 3 N–H and O–H groups in total. The number of hydrogen-bond acceptors (Lipinski definition) is 4. The zero-order valence-electron chi connectivity index (χ0n) is 13.8. The number of carbonyl (C=O) groups is 2. The lowest BCUT2D eigenvalue weighted by molar-refractivity contribution is -0.117. The van der Waals surface area contributed by atoms with Crippen molar-refractivity contribution in [1.29, 1.82) is 0 Å². The van der Waals surface area contributed by atoms with Gasteiger partial charge in [0, 0.05) is 11.1 Å². The summed E-state index contributed by atoms with van der Waals surface area (Å²) in [5.74, 6) is -0.603. The molecule has 6 heteroatoms. The molecular weight excluding hydrogens is 322 g/mol. The van der Waals surface area contributed by atoms with Crippen LogP contribution >= 0.6 is 11.8 Å². The first-order valence-electron chi connectivity index (χ1n) is 7.78. The topological polar surface area (TPSA) is 85.1 Å². The van der Waals surface area contributed by atoms with Crippen molar-refractivity contribution in [2.75, 3.05) is 0 Å². The maximum Gasteiger partial charge on any atom is 0.252 e. The minimum absolute atomic E-state index is 0.196. The Morgan fingerprint density at radius 1 is 1.29 bits per heavy atom. The van der Waals surface area contributed by atoms with Gasteiger partial charge in [-0.3, -0.25) is 14.6 Å². The average molecular weight is 343 g/mol. The summed E-state index contributed by atoms with van der Waals surface area (Å²) in [6.07, 6.45) is 2.67. The monoisotopic (exact) mass is 343 g/mol. The maximum absolute atomic E-state index is 12.5. The number of nitrogens with two attached hydrogens (primary N) is 1. The van der Waals surface area contributed by atoms with Crippen LogP contribution in [0.3, 0.4) is 0 Å². The van der Waals surface area contributed by atoms with E-state index in [1.165, 1.54) is 17.3 Å². The Kier molecular flexibility index (Phi) is 6.37. The molecule has 0 aliphatic carbocycles. The summed E-state index contributed by atoms with van der Waals surface area (Å²) >= 11 is 1.28. The molecule has 24 heavy (non-hydrogen) atoms. The molecule has 1 aromatic heterocycles. The quantitative estimate of drug-likeness (QED) is 0.757. The summed E-state index contributed by atoms with van der Waals surface area (Å²) < 4.78 is 0. The average Bonchev–Trinajstić information content (AvgIpc) is 2.60. The molecule has 0 aliphatic rings. The molecule has 2 aromatic rings. The van der Waals surface area contributed by atoms with Crippen molar-refractivity contribution in [2.45, 2.75) is 37.0 Å². The number of benzene rings is 1. The third-order valence-corrected chi connectivity index (χ3v) is 4.75. The molecule has 0 spiro atoms. The molecule has 0 bridgehead atoms. The third-order valence-electron chi connectivity index (χ3n) is 3.56. The first kappa shape index (κ1) is 18.0. The number of nitrogens with one attached hydrogen (secondary N) is 1. The van der Waals surface area contributed by atoms with Crippen LogP contribution in [-0.4, -0.2) is 22.0 Å². The van der Waals surface area contributed by atoms with Crippen LogP contribution in [0.5, 0.6) is 0 Å². The van der Waals surface area contributed by atoms with E-state index >= 15 is 0 Å². The smallest absolute Gasteiger partial charge is 0.252 e. The molecule has 126 valence electrons. The van der Waals surface area contributed by atoms with Crippen molar-refractivity contribution in [3.05, 3.63) is 59.4 Å². The van der Waals surface area contributed by atoms with Crippen molar-refractivity contribution in [3.63, 3.8) is 0 Å². The first-order valence-corrected chi connectivity index (χ1v) is 8.66. The van der Waals surface area contributed by atoms with Crippen molar-refractivity contribution >= 4 is 23.6 Å². The highest BCUT2D eigenvalue weighted by Crippen LogP contribution is 2.26. The van der Waals surface area contributed by atoms with Gasteiger partial charge in [0.05, 0.1) is 23.1 Å².